The van der Waals surface area contributed by atoms with Crippen molar-refractivity contribution in [2.24, 2.45) is 0 Å². The van der Waals surface area contributed by atoms with E-state index in [4.69, 9.17) is 0 Å². The van der Waals surface area contributed by atoms with E-state index in [1.807, 2.05) is 0 Å². The Kier molecular flexibility index (Phi) is 3.76. The van der Waals surface area contributed by atoms with E-state index < -0.39 is 0 Å². The predicted octanol–water partition coefficient (Wildman–Crippen LogP) is -0.0777. The van der Waals surface area contributed by atoms with Crippen LogP contribution in [0.4, 0.5) is 11.8 Å². The Morgan fingerprint density at radius 2 is 2.06 bits per heavy atom. The van der Waals surface area contributed by atoms with Gasteiger partial charge in [-0.3, -0.25) is 15.0 Å². The highest BCUT2D eigenvalue weighted by Crippen LogP contribution is 2.09. The molecular formula is C9H13N5O2. The Bertz CT molecular complexity index is 407. The molecular weight excluding hydrogens is 210 g/mol. The van der Waals surface area contributed by atoms with Crippen molar-refractivity contribution in [3.05, 3.63) is 12.3 Å². The molecule has 0 atom stereocenters. The van der Waals surface area contributed by atoms with Gasteiger partial charge in [0.05, 0.1) is 0 Å². The minimum atomic E-state index is -0.347. The van der Waals surface area contributed by atoms with E-state index in [1.54, 1.807) is 7.05 Å². The number of hydrogen-bond acceptors (Lipinski definition) is 5. The fourth-order valence-electron chi connectivity index (χ4n) is 1.05. The molecule has 0 bridgehead atoms. The van der Waals surface area contributed by atoms with Crippen molar-refractivity contribution in [1.82, 2.24) is 15.4 Å². The molecule has 16 heavy (non-hydrogen) atoms. The van der Waals surface area contributed by atoms with Crippen LogP contribution in [0, 0.1) is 0 Å². The van der Waals surface area contributed by atoms with Crippen LogP contribution in [0.3, 0.4) is 0 Å². The summed E-state index contributed by atoms with van der Waals surface area (Å²) >= 11 is 0. The van der Waals surface area contributed by atoms with Crippen LogP contribution in [0.15, 0.2) is 12.3 Å². The molecule has 0 saturated carbocycles. The van der Waals surface area contributed by atoms with Crippen molar-refractivity contribution in [1.29, 1.82) is 0 Å². The summed E-state index contributed by atoms with van der Waals surface area (Å²) in [6, 6.07) is 1.53. The molecule has 1 aromatic rings. The first kappa shape index (κ1) is 11.9. The van der Waals surface area contributed by atoms with Gasteiger partial charge in [0.1, 0.15) is 0 Å². The van der Waals surface area contributed by atoms with E-state index in [0.29, 0.717) is 11.8 Å². The van der Waals surface area contributed by atoms with Gasteiger partial charge in [0.25, 0.3) is 0 Å². The topological polar surface area (TPSA) is 87.2 Å². The third kappa shape index (κ3) is 2.91. The standard InChI is InChI=1S/C9H13N5O2/c1-6(15)13-14(7(2)16)8-4-5-11-9(10-3)12-8/h4-5H,1-3H3,(H,13,15)(H,10,11,12). The molecule has 7 nitrogen and oxygen atoms in total. The molecule has 2 N–H and O–H groups in total. The maximum atomic E-state index is 11.3. The summed E-state index contributed by atoms with van der Waals surface area (Å²) in [5, 5.41) is 3.80. The molecule has 0 radical (unpaired) electrons. The van der Waals surface area contributed by atoms with Crippen LogP contribution in [0.1, 0.15) is 13.8 Å². The van der Waals surface area contributed by atoms with E-state index in [9.17, 15) is 9.59 Å². The normalized spacial score (nSPS) is 9.44. The lowest BCUT2D eigenvalue weighted by atomic mass is 10.5. The second-order valence-corrected chi connectivity index (χ2v) is 3.01. The highest BCUT2D eigenvalue weighted by Gasteiger charge is 2.14. The summed E-state index contributed by atoms with van der Waals surface area (Å²) in [7, 11) is 1.66. The highest BCUT2D eigenvalue weighted by atomic mass is 16.2. The number of nitrogens with zero attached hydrogens (tertiary/aromatic N) is 3. The van der Waals surface area contributed by atoms with Crippen molar-refractivity contribution >= 4 is 23.6 Å². The van der Waals surface area contributed by atoms with Gasteiger partial charge >= 0.3 is 0 Å². The number of carbonyl (C=O) groups excluding carboxylic acids is 2. The lowest BCUT2D eigenvalue weighted by Crippen LogP contribution is -2.45. The number of hydrogen-bond donors (Lipinski definition) is 2. The molecule has 0 aliphatic heterocycles. The molecule has 0 spiro atoms. The zero-order valence-corrected chi connectivity index (χ0v) is 9.31. The minimum Gasteiger partial charge on any atom is -0.357 e. The van der Waals surface area contributed by atoms with Gasteiger partial charge in [-0.2, -0.15) is 4.98 Å². The zero-order valence-electron chi connectivity index (χ0n) is 9.31. The molecule has 1 rings (SSSR count). The average molecular weight is 223 g/mol. The van der Waals surface area contributed by atoms with Gasteiger partial charge in [-0.1, -0.05) is 0 Å². The molecule has 1 heterocycles. The van der Waals surface area contributed by atoms with Crippen molar-refractivity contribution in [2.75, 3.05) is 17.4 Å². The molecule has 0 unspecified atom stereocenters. The maximum Gasteiger partial charge on any atom is 0.244 e. The first-order valence-corrected chi connectivity index (χ1v) is 4.63. The van der Waals surface area contributed by atoms with Gasteiger partial charge in [0.15, 0.2) is 5.82 Å². The summed E-state index contributed by atoms with van der Waals surface area (Å²) in [6.45, 7) is 2.65. The third-order valence-corrected chi connectivity index (χ3v) is 1.68. The molecule has 0 fully saturated rings. The van der Waals surface area contributed by atoms with Gasteiger partial charge in [-0.15, -0.1) is 0 Å². The number of rotatable bonds is 2. The van der Waals surface area contributed by atoms with Gasteiger partial charge < -0.3 is 5.32 Å². The van der Waals surface area contributed by atoms with Crippen LogP contribution in [0.2, 0.25) is 0 Å². The summed E-state index contributed by atoms with van der Waals surface area (Å²) in [5.74, 6) is -0.00748. The summed E-state index contributed by atoms with van der Waals surface area (Å²) in [4.78, 5) is 30.2. The highest BCUT2D eigenvalue weighted by molar-refractivity contribution is 5.93. The Morgan fingerprint density at radius 3 is 2.56 bits per heavy atom. The fraction of sp³-hybridized carbons (Fsp3) is 0.333. The summed E-state index contributed by atoms with van der Waals surface area (Å²) in [5.41, 5.74) is 2.37. The fourth-order valence-corrected chi connectivity index (χ4v) is 1.05. The van der Waals surface area contributed by atoms with Crippen LogP contribution < -0.4 is 15.8 Å². The second-order valence-electron chi connectivity index (χ2n) is 3.01. The number of aromatic nitrogens is 2. The van der Waals surface area contributed by atoms with Crippen LogP contribution >= 0.6 is 0 Å². The largest absolute Gasteiger partial charge is 0.357 e. The van der Waals surface area contributed by atoms with Gasteiger partial charge in [-0.05, 0) is 0 Å². The molecule has 2 amide bonds. The molecule has 7 heteroatoms. The quantitative estimate of drug-likeness (QED) is 0.685. The Labute approximate surface area is 92.8 Å². The zero-order chi connectivity index (χ0) is 12.1. The van der Waals surface area contributed by atoms with Crippen LogP contribution in [-0.4, -0.2) is 28.8 Å². The van der Waals surface area contributed by atoms with Gasteiger partial charge in [-0.25, -0.2) is 9.99 Å². The van der Waals surface area contributed by atoms with Crippen molar-refractivity contribution in [2.45, 2.75) is 13.8 Å². The molecule has 0 aliphatic carbocycles. The third-order valence-electron chi connectivity index (χ3n) is 1.68. The lowest BCUT2D eigenvalue weighted by molar-refractivity contribution is -0.124. The van der Waals surface area contributed by atoms with E-state index in [-0.39, 0.29) is 11.8 Å². The first-order chi connectivity index (χ1) is 7.54. The summed E-state index contributed by atoms with van der Waals surface area (Å²) < 4.78 is 0. The number of anilines is 2. The van der Waals surface area contributed by atoms with Crippen molar-refractivity contribution < 1.29 is 9.59 Å². The molecule has 86 valence electrons. The SMILES string of the molecule is CNc1nccc(N(NC(C)=O)C(C)=O)n1. The Morgan fingerprint density at radius 1 is 1.38 bits per heavy atom. The smallest absolute Gasteiger partial charge is 0.244 e. The number of amides is 2. The molecule has 1 aromatic heterocycles. The number of hydrazine groups is 1. The molecule has 0 aromatic carbocycles. The van der Waals surface area contributed by atoms with E-state index in [0.717, 1.165) is 5.01 Å². The van der Waals surface area contributed by atoms with Gasteiger partial charge in [0.2, 0.25) is 17.8 Å². The molecule has 0 aliphatic rings. The number of nitrogens with one attached hydrogen (secondary N) is 2. The van der Waals surface area contributed by atoms with Crippen LogP contribution in [-0.2, 0) is 9.59 Å². The van der Waals surface area contributed by atoms with Crippen molar-refractivity contribution in [3.63, 3.8) is 0 Å². The molecule has 0 saturated heterocycles. The first-order valence-electron chi connectivity index (χ1n) is 4.63. The minimum absolute atomic E-state index is 0.307. The van der Waals surface area contributed by atoms with E-state index >= 15 is 0 Å². The maximum absolute atomic E-state index is 11.3. The summed E-state index contributed by atoms with van der Waals surface area (Å²) in [6.07, 6.45) is 1.49. The van der Waals surface area contributed by atoms with E-state index in [2.05, 4.69) is 20.7 Å². The van der Waals surface area contributed by atoms with Crippen LogP contribution in [0.5, 0.6) is 0 Å². The Balaban J connectivity index is 3.00. The second kappa shape index (κ2) is 5.06. The van der Waals surface area contributed by atoms with Gasteiger partial charge in [0, 0.05) is 33.2 Å². The predicted molar refractivity (Wildman–Crippen MR) is 58.6 cm³/mol. The average Bonchev–Trinajstić information content (AvgIpc) is 2.25. The van der Waals surface area contributed by atoms with Crippen LogP contribution in [0.25, 0.3) is 0 Å². The van der Waals surface area contributed by atoms with Crippen molar-refractivity contribution in [3.8, 4) is 0 Å². The Hall–Kier alpha value is -2.18. The van der Waals surface area contributed by atoms with E-state index in [1.165, 1.54) is 26.1 Å². The monoisotopic (exact) mass is 223 g/mol. The number of carbonyl (C=O) groups is 2. The lowest BCUT2D eigenvalue weighted by Gasteiger charge is -2.19.